The molecule has 3 amide bonds. The van der Waals surface area contributed by atoms with E-state index in [1.54, 1.807) is 7.11 Å². The van der Waals surface area contributed by atoms with Crippen molar-refractivity contribution < 1.29 is 14.3 Å². The number of benzene rings is 1. The summed E-state index contributed by atoms with van der Waals surface area (Å²) < 4.78 is 5.21. The van der Waals surface area contributed by atoms with Crippen LogP contribution in [0.5, 0.6) is 5.75 Å². The first kappa shape index (κ1) is 20.1. The van der Waals surface area contributed by atoms with Gasteiger partial charge in [-0.25, -0.2) is 4.79 Å². The molecule has 1 aliphatic heterocycles. The third-order valence-corrected chi connectivity index (χ3v) is 4.40. The fraction of sp³-hybridized carbons (Fsp3) is 0.600. The van der Waals surface area contributed by atoms with Crippen molar-refractivity contribution >= 4 is 11.9 Å². The first-order chi connectivity index (χ1) is 12.3. The fourth-order valence-corrected chi connectivity index (χ4v) is 2.89. The maximum Gasteiger partial charge on any atom is 0.317 e. The van der Waals surface area contributed by atoms with Gasteiger partial charge in [0.25, 0.3) is 0 Å². The van der Waals surface area contributed by atoms with Gasteiger partial charge >= 0.3 is 6.03 Å². The summed E-state index contributed by atoms with van der Waals surface area (Å²) in [5.41, 5.74) is 0.999. The molecule has 2 rings (SSSR count). The summed E-state index contributed by atoms with van der Waals surface area (Å²) in [6.07, 6.45) is 1.15. The number of carbonyl (C=O) groups is 2. The topological polar surface area (TPSA) is 61.9 Å². The van der Waals surface area contributed by atoms with Crippen molar-refractivity contribution in [2.45, 2.75) is 33.6 Å². The lowest BCUT2D eigenvalue weighted by Gasteiger charge is -2.25. The summed E-state index contributed by atoms with van der Waals surface area (Å²) >= 11 is 0. The normalized spacial score (nSPS) is 15.4. The molecule has 0 radical (unpaired) electrons. The number of ether oxygens (including phenoxy) is 1. The van der Waals surface area contributed by atoms with Gasteiger partial charge in [-0.3, -0.25) is 4.79 Å². The Kier molecular flexibility index (Phi) is 6.89. The van der Waals surface area contributed by atoms with Crippen LogP contribution in [0.25, 0.3) is 0 Å². The highest BCUT2D eigenvalue weighted by Crippen LogP contribution is 2.15. The van der Waals surface area contributed by atoms with Gasteiger partial charge in [0.15, 0.2) is 0 Å². The quantitative estimate of drug-likeness (QED) is 0.896. The predicted octanol–water partition coefficient (Wildman–Crippen LogP) is 2.53. The summed E-state index contributed by atoms with van der Waals surface area (Å²) in [6, 6.07) is 7.55. The molecule has 0 aromatic heterocycles. The Labute approximate surface area is 156 Å². The van der Waals surface area contributed by atoms with E-state index in [4.69, 9.17) is 4.74 Å². The number of methoxy groups -OCH3 is 1. The van der Waals surface area contributed by atoms with Crippen LogP contribution in [0.4, 0.5) is 4.79 Å². The summed E-state index contributed by atoms with van der Waals surface area (Å²) in [5, 5.41) is 2.99. The van der Waals surface area contributed by atoms with Crippen molar-refractivity contribution in [2.24, 2.45) is 5.41 Å². The van der Waals surface area contributed by atoms with Gasteiger partial charge in [-0.2, -0.15) is 0 Å². The van der Waals surface area contributed by atoms with Crippen molar-refractivity contribution in [2.75, 3.05) is 39.8 Å². The van der Waals surface area contributed by atoms with Crippen LogP contribution in [-0.4, -0.2) is 61.6 Å². The molecule has 0 atom stereocenters. The highest BCUT2D eigenvalue weighted by atomic mass is 16.5. The predicted molar refractivity (Wildman–Crippen MR) is 102 cm³/mol. The number of carbonyl (C=O) groups excluding carboxylic acids is 2. The second kappa shape index (κ2) is 8.92. The maximum absolute atomic E-state index is 12.6. The largest absolute Gasteiger partial charge is 0.497 e. The number of nitrogens with one attached hydrogen (secondary N) is 1. The van der Waals surface area contributed by atoms with E-state index in [-0.39, 0.29) is 17.4 Å². The van der Waals surface area contributed by atoms with Gasteiger partial charge in [0.2, 0.25) is 5.91 Å². The molecule has 1 aliphatic rings. The molecule has 1 aromatic carbocycles. The zero-order chi connectivity index (χ0) is 19.2. The second-order valence-electron chi connectivity index (χ2n) is 7.97. The van der Waals surface area contributed by atoms with E-state index in [1.165, 1.54) is 0 Å². The lowest BCUT2D eigenvalue weighted by Crippen LogP contribution is -2.45. The van der Waals surface area contributed by atoms with Gasteiger partial charge in [-0.05, 0) is 29.5 Å². The highest BCUT2D eigenvalue weighted by Gasteiger charge is 2.23. The summed E-state index contributed by atoms with van der Waals surface area (Å²) in [5.74, 6) is 0.850. The molecule has 0 aliphatic carbocycles. The Morgan fingerprint density at radius 1 is 1.12 bits per heavy atom. The molecule has 1 heterocycles. The highest BCUT2D eigenvalue weighted by molar-refractivity contribution is 5.79. The molecular weight excluding hydrogens is 330 g/mol. The van der Waals surface area contributed by atoms with E-state index in [1.807, 2.05) is 34.1 Å². The second-order valence-corrected chi connectivity index (χ2v) is 7.97. The Hall–Kier alpha value is -2.24. The lowest BCUT2D eigenvalue weighted by atomic mass is 9.97. The Morgan fingerprint density at radius 2 is 1.81 bits per heavy atom. The number of amides is 3. The van der Waals surface area contributed by atoms with E-state index >= 15 is 0 Å². The number of hydrogen-bond acceptors (Lipinski definition) is 3. The van der Waals surface area contributed by atoms with E-state index in [0.717, 1.165) is 17.7 Å². The minimum absolute atomic E-state index is 0.0398. The SMILES string of the molecule is COc1cccc(CC(=O)N2CCCN(C(=O)NCC(C)(C)C)CC2)c1. The number of hydrogen-bond donors (Lipinski definition) is 1. The summed E-state index contributed by atoms with van der Waals surface area (Å²) in [7, 11) is 1.62. The monoisotopic (exact) mass is 361 g/mol. The first-order valence-electron chi connectivity index (χ1n) is 9.22. The summed E-state index contributed by atoms with van der Waals surface area (Å²) in [4.78, 5) is 28.6. The van der Waals surface area contributed by atoms with Gasteiger partial charge in [-0.1, -0.05) is 32.9 Å². The van der Waals surface area contributed by atoms with Crippen molar-refractivity contribution in [3.8, 4) is 5.75 Å². The molecule has 0 saturated carbocycles. The standard InChI is InChI=1S/C20H31N3O3/c1-20(2,3)15-21-19(25)23-10-6-9-22(11-12-23)18(24)14-16-7-5-8-17(13-16)26-4/h5,7-8,13H,6,9-12,14-15H2,1-4H3,(H,21,25). The average molecular weight is 361 g/mol. The van der Waals surface area contributed by atoms with Crippen molar-refractivity contribution in [3.05, 3.63) is 29.8 Å². The molecule has 1 N–H and O–H groups in total. The molecule has 144 valence electrons. The molecule has 6 heteroatoms. The fourth-order valence-electron chi connectivity index (χ4n) is 2.89. The van der Waals surface area contributed by atoms with E-state index in [2.05, 4.69) is 26.1 Å². The van der Waals surface area contributed by atoms with Crippen molar-refractivity contribution in [3.63, 3.8) is 0 Å². The lowest BCUT2D eigenvalue weighted by molar-refractivity contribution is -0.130. The van der Waals surface area contributed by atoms with Gasteiger partial charge < -0.3 is 19.9 Å². The number of nitrogens with zero attached hydrogens (tertiary/aromatic N) is 2. The van der Waals surface area contributed by atoms with Crippen molar-refractivity contribution in [1.29, 1.82) is 0 Å². The van der Waals surface area contributed by atoms with Crippen LogP contribution in [0.3, 0.4) is 0 Å². The molecule has 1 aromatic rings. The smallest absolute Gasteiger partial charge is 0.317 e. The Balaban J connectivity index is 1.87. The summed E-state index contributed by atoms with van der Waals surface area (Å²) in [6.45, 7) is 9.43. The Morgan fingerprint density at radius 3 is 2.50 bits per heavy atom. The molecule has 6 nitrogen and oxygen atoms in total. The third-order valence-electron chi connectivity index (χ3n) is 4.40. The molecule has 1 saturated heterocycles. The van der Waals surface area contributed by atoms with Crippen LogP contribution >= 0.6 is 0 Å². The minimum Gasteiger partial charge on any atom is -0.497 e. The van der Waals surface area contributed by atoms with Gasteiger partial charge in [-0.15, -0.1) is 0 Å². The molecule has 0 spiro atoms. The van der Waals surface area contributed by atoms with Crippen LogP contribution in [0.1, 0.15) is 32.8 Å². The molecule has 0 bridgehead atoms. The molecule has 26 heavy (non-hydrogen) atoms. The number of urea groups is 1. The van der Waals surface area contributed by atoms with Gasteiger partial charge in [0.1, 0.15) is 5.75 Å². The minimum atomic E-state index is -0.0398. The average Bonchev–Trinajstić information content (AvgIpc) is 2.85. The van der Waals surface area contributed by atoms with Crippen LogP contribution in [0.15, 0.2) is 24.3 Å². The van der Waals surface area contributed by atoms with E-state index < -0.39 is 0 Å². The number of rotatable bonds is 4. The zero-order valence-electron chi connectivity index (χ0n) is 16.4. The van der Waals surface area contributed by atoms with Crippen LogP contribution in [0, 0.1) is 5.41 Å². The molecular formula is C20H31N3O3. The molecule has 1 fully saturated rings. The van der Waals surface area contributed by atoms with E-state index in [9.17, 15) is 9.59 Å². The van der Waals surface area contributed by atoms with Crippen LogP contribution < -0.4 is 10.1 Å². The zero-order valence-corrected chi connectivity index (χ0v) is 16.4. The molecule has 0 unspecified atom stereocenters. The van der Waals surface area contributed by atoms with Crippen LogP contribution in [0.2, 0.25) is 0 Å². The first-order valence-corrected chi connectivity index (χ1v) is 9.22. The third kappa shape index (κ3) is 6.24. The van der Waals surface area contributed by atoms with Gasteiger partial charge in [0, 0.05) is 32.7 Å². The van der Waals surface area contributed by atoms with Crippen LogP contribution in [-0.2, 0) is 11.2 Å². The Bertz CT molecular complexity index is 625. The van der Waals surface area contributed by atoms with Gasteiger partial charge in [0.05, 0.1) is 13.5 Å². The maximum atomic E-state index is 12.6. The van der Waals surface area contributed by atoms with Crippen molar-refractivity contribution in [1.82, 2.24) is 15.1 Å². The van der Waals surface area contributed by atoms with E-state index in [0.29, 0.717) is 39.1 Å².